The second kappa shape index (κ2) is 7.59. The maximum Gasteiger partial charge on any atom is 0.416 e. The quantitative estimate of drug-likeness (QED) is 0.695. The molecule has 146 valence electrons. The zero-order chi connectivity index (χ0) is 20.3. The number of ether oxygens (including phenoxy) is 1. The Morgan fingerprint density at radius 1 is 1.21 bits per heavy atom. The molecular formula is C18H15F3N4O3. The zero-order valence-electron chi connectivity index (χ0n) is 14.6. The highest BCUT2D eigenvalue weighted by atomic mass is 19.4. The van der Waals surface area contributed by atoms with E-state index >= 15 is 0 Å². The molecule has 0 aliphatic carbocycles. The highest BCUT2D eigenvalue weighted by Crippen LogP contribution is 2.31. The lowest BCUT2D eigenvalue weighted by molar-refractivity contribution is -0.137. The van der Waals surface area contributed by atoms with E-state index in [-0.39, 0.29) is 17.9 Å². The third-order valence-corrected chi connectivity index (χ3v) is 3.87. The fourth-order valence-corrected chi connectivity index (χ4v) is 2.50. The molecule has 10 heteroatoms. The Kier molecular flexibility index (Phi) is 5.21. The molecule has 0 saturated heterocycles. The number of methoxy groups -OCH3 is 1. The molecule has 0 fully saturated rings. The van der Waals surface area contributed by atoms with Gasteiger partial charge in [0.05, 0.1) is 19.2 Å². The summed E-state index contributed by atoms with van der Waals surface area (Å²) >= 11 is 0. The van der Waals surface area contributed by atoms with Crippen molar-refractivity contribution in [1.82, 2.24) is 15.0 Å². The van der Waals surface area contributed by atoms with Gasteiger partial charge in [-0.1, -0.05) is 28.5 Å². The fourth-order valence-electron chi connectivity index (χ4n) is 2.50. The molecule has 2 N–H and O–H groups in total. The van der Waals surface area contributed by atoms with Gasteiger partial charge in [0.15, 0.2) is 5.69 Å². The van der Waals surface area contributed by atoms with E-state index in [1.807, 2.05) is 0 Å². The van der Waals surface area contributed by atoms with Gasteiger partial charge in [-0.2, -0.15) is 13.2 Å². The second-order valence-corrected chi connectivity index (χ2v) is 5.80. The Labute approximate surface area is 157 Å². The average Bonchev–Trinajstić information content (AvgIpc) is 3.02. The summed E-state index contributed by atoms with van der Waals surface area (Å²) in [7, 11) is 1.53. The largest absolute Gasteiger partial charge is 0.497 e. The van der Waals surface area contributed by atoms with Crippen LogP contribution < -0.4 is 10.1 Å². The number of carbonyl (C=O) groups is 1. The molecule has 0 atom stereocenters. The van der Waals surface area contributed by atoms with Crippen LogP contribution >= 0.6 is 0 Å². The van der Waals surface area contributed by atoms with Gasteiger partial charge in [0.2, 0.25) is 0 Å². The summed E-state index contributed by atoms with van der Waals surface area (Å²) in [6.45, 7) is 0.114. The average molecular weight is 392 g/mol. The van der Waals surface area contributed by atoms with Crippen molar-refractivity contribution in [3.63, 3.8) is 0 Å². The standard InChI is InChI=1S/C18H15F3N4O3/c1-28-14-7-5-11(6-8-14)10-25-15(17(27)23-24-25)16(26)22-13-4-2-3-12(9-13)18(19,20)21/h2-9,27H,10H2,1H3,(H,22,26). The Bertz CT molecular complexity index is 984. The summed E-state index contributed by atoms with van der Waals surface area (Å²) in [5.74, 6) is -0.818. The normalized spacial score (nSPS) is 11.3. The van der Waals surface area contributed by atoms with Gasteiger partial charge in [-0.15, -0.1) is 0 Å². The minimum atomic E-state index is -4.54. The first-order valence-electron chi connectivity index (χ1n) is 8.02. The lowest BCUT2D eigenvalue weighted by atomic mass is 10.2. The number of hydrogen-bond donors (Lipinski definition) is 2. The molecule has 7 nitrogen and oxygen atoms in total. The molecule has 3 rings (SSSR count). The maximum absolute atomic E-state index is 12.8. The summed E-state index contributed by atoms with van der Waals surface area (Å²) in [4.78, 5) is 12.5. The highest BCUT2D eigenvalue weighted by molar-refractivity contribution is 6.04. The molecule has 0 aliphatic rings. The first-order chi connectivity index (χ1) is 13.3. The van der Waals surface area contributed by atoms with Crippen LogP contribution in [0.4, 0.5) is 18.9 Å². The molecule has 1 aromatic heterocycles. The first kappa shape index (κ1) is 19.2. The van der Waals surface area contributed by atoms with E-state index in [1.165, 1.54) is 19.2 Å². The van der Waals surface area contributed by atoms with E-state index in [0.29, 0.717) is 5.75 Å². The van der Waals surface area contributed by atoms with Crippen molar-refractivity contribution in [2.75, 3.05) is 12.4 Å². The molecule has 3 aromatic rings. The Morgan fingerprint density at radius 2 is 1.93 bits per heavy atom. The maximum atomic E-state index is 12.8. The summed E-state index contributed by atoms with van der Waals surface area (Å²) < 4.78 is 44.7. The summed E-state index contributed by atoms with van der Waals surface area (Å²) in [5.41, 5.74) is -0.497. The number of halogens is 3. The van der Waals surface area contributed by atoms with Gasteiger partial charge < -0.3 is 15.2 Å². The molecule has 0 unspecified atom stereocenters. The predicted molar refractivity (Wildman–Crippen MR) is 93.2 cm³/mol. The molecule has 0 saturated carbocycles. The van der Waals surface area contributed by atoms with Crippen LogP contribution in [0, 0.1) is 0 Å². The SMILES string of the molecule is COc1ccc(Cn2nnc(O)c2C(=O)Nc2cccc(C(F)(F)F)c2)cc1. The van der Waals surface area contributed by atoms with Gasteiger partial charge in [0.25, 0.3) is 11.8 Å². The van der Waals surface area contributed by atoms with Crippen LogP contribution in [0.1, 0.15) is 21.6 Å². The van der Waals surface area contributed by atoms with Crippen molar-refractivity contribution in [3.05, 3.63) is 65.4 Å². The number of aromatic hydroxyl groups is 1. The number of benzene rings is 2. The Morgan fingerprint density at radius 3 is 2.57 bits per heavy atom. The van der Waals surface area contributed by atoms with Crippen LogP contribution in [0.25, 0.3) is 0 Å². The lowest BCUT2D eigenvalue weighted by Gasteiger charge is -2.11. The fraction of sp³-hybridized carbons (Fsp3) is 0.167. The number of nitrogens with one attached hydrogen (secondary N) is 1. The van der Waals surface area contributed by atoms with Gasteiger partial charge in [-0.05, 0) is 35.9 Å². The predicted octanol–water partition coefficient (Wildman–Crippen LogP) is 3.31. The molecule has 28 heavy (non-hydrogen) atoms. The van der Waals surface area contributed by atoms with Gasteiger partial charge in [-0.3, -0.25) is 4.79 Å². The minimum Gasteiger partial charge on any atom is -0.497 e. The van der Waals surface area contributed by atoms with E-state index in [9.17, 15) is 23.1 Å². The topological polar surface area (TPSA) is 89.3 Å². The molecule has 1 amide bonds. The number of alkyl halides is 3. The number of rotatable bonds is 5. The number of aromatic nitrogens is 3. The number of nitrogens with zero attached hydrogens (tertiary/aromatic N) is 3. The molecule has 0 spiro atoms. The van der Waals surface area contributed by atoms with Crippen molar-refractivity contribution < 1.29 is 27.8 Å². The summed E-state index contributed by atoms with van der Waals surface area (Å²) in [5, 5.41) is 19.4. The third-order valence-electron chi connectivity index (χ3n) is 3.87. The van der Waals surface area contributed by atoms with Gasteiger partial charge >= 0.3 is 6.18 Å². The van der Waals surface area contributed by atoms with Crippen LogP contribution in [-0.4, -0.2) is 33.1 Å². The van der Waals surface area contributed by atoms with Crippen molar-refractivity contribution in [2.45, 2.75) is 12.7 Å². The van der Waals surface area contributed by atoms with Gasteiger partial charge in [0.1, 0.15) is 5.75 Å². The van der Waals surface area contributed by atoms with Crippen LogP contribution in [0.2, 0.25) is 0 Å². The Balaban J connectivity index is 1.81. The number of hydrogen-bond acceptors (Lipinski definition) is 5. The lowest BCUT2D eigenvalue weighted by Crippen LogP contribution is -2.19. The number of carbonyl (C=O) groups excluding carboxylic acids is 1. The van der Waals surface area contributed by atoms with Gasteiger partial charge in [-0.25, -0.2) is 4.68 Å². The third kappa shape index (κ3) is 4.22. The molecule has 0 aliphatic heterocycles. The van der Waals surface area contributed by atoms with E-state index in [0.717, 1.165) is 22.4 Å². The number of amides is 1. The van der Waals surface area contributed by atoms with Crippen LogP contribution in [-0.2, 0) is 12.7 Å². The molecule has 0 bridgehead atoms. The number of anilines is 1. The summed E-state index contributed by atoms with van der Waals surface area (Å²) in [6.07, 6.45) is -4.54. The summed E-state index contributed by atoms with van der Waals surface area (Å²) in [6, 6.07) is 11.1. The van der Waals surface area contributed by atoms with Gasteiger partial charge in [0, 0.05) is 5.69 Å². The van der Waals surface area contributed by atoms with Crippen molar-refractivity contribution >= 4 is 11.6 Å². The monoisotopic (exact) mass is 392 g/mol. The van der Waals surface area contributed by atoms with Crippen LogP contribution in [0.5, 0.6) is 11.6 Å². The van der Waals surface area contributed by atoms with Crippen molar-refractivity contribution in [2.24, 2.45) is 0 Å². The zero-order valence-corrected chi connectivity index (χ0v) is 14.6. The highest BCUT2D eigenvalue weighted by Gasteiger charge is 2.30. The minimum absolute atomic E-state index is 0.0728. The van der Waals surface area contributed by atoms with E-state index in [4.69, 9.17) is 4.74 Å². The molecule has 2 aromatic carbocycles. The molecular weight excluding hydrogens is 377 g/mol. The van der Waals surface area contributed by atoms with E-state index < -0.39 is 23.5 Å². The van der Waals surface area contributed by atoms with Crippen LogP contribution in [0.3, 0.4) is 0 Å². The first-order valence-corrected chi connectivity index (χ1v) is 8.02. The molecule has 1 heterocycles. The van der Waals surface area contributed by atoms with Crippen LogP contribution in [0.15, 0.2) is 48.5 Å². The van der Waals surface area contributed by atoms with E-state index in [2.05, 4.69) is 15.6 Å². The second-order valence-electron chi connectivity index (χ2n) is 5.80. The smallest absolute Gasteiger partial charge is 0.416 e. The van der Waals surface area contributed by atoms with E-state index in [1.54, 1.807) is 24.3 Å². The van der Waals surface area contributed by atoms with Crippen molar-refractivity contribution in [3.8, 4) is 11.6 Å². The molecule has 0 radical (unpaired) electrons. The Hall–Kier alpha value is -3.56. The van der Waals surface area contributed by atoms with Crippen molar-refractivity contribution in [1.29, 1.82) is 0 Å².